The van der Waals surface area contributed by atoms with Crippen molar-refractivity contribution in [1.82, 2.24) is 15.1 Å². The van der Waals surface area contributed by atoms with Gasteiger partial charge in [-0.05, 0) is 37.3 Å². The Morgan fingerprint density at radius 2 is 1.90 bits per heavy atom. The summed E-state index contributed by atoms with van der Waals surface area (Å²) in [6.07, 6.45) is 1.33. The SMILES string of the molecule is Cc1c(C(=O)NCC(=O)Nc2ccc(F)c(F)c2F)cnn1-c1cccc(Cl)c1. The number of anilines is 1. The molecule has 0 spiro atoms. The van der Waals surface area contributed by atoms with Crippen LogP contribution in [0.3, 0.4) is 0 Å². The number of amides is 2. The number of hydrogen-bond acceptors (Lipinski definition) is 3. The summed E-state index contributed by atoms with van der Waals surface area (Å²) in [5.74, 6) is -6.00. The van der Waals surface area contributed by atoms with E-state index in [-0.39, 0.29) is 5.56 Å². The topological polar surface area (TPSA) is 76.0 Å². The quantitative estimate of drug-likeness (QED) is 0.617. The second-order valence-electron chi connectivity index (χ2n) is 5.99. The van der Waals surface area contributed by atoms with E-state index in [1.807, 2.05) is 0 Å². The summed E-state index contributed by atoms with van der Waals surface area (Å²) in [5.41, 5.74) is 0.849. The minimum absolute atomic E-state index is 0.219. The summed E-state index contributed by atoms with van der Waals surface area (Å²) in [4.78, 5) is 24.2. The van der Waals surface area contributed by atoms with Crippen LogP contribution in [0.15, 0.2) is 42.6 Å². The Morgan fingerprint density at radius 1 is 1.14 bits per heavy atom. The maximum absolute atomic E-state index is 13.6. The predicted octanol–water partition coefficient (Wildman–Crippen LogP) is 3.62. The molecule has 0 aliphatic heterocycles. The number of hydrogen-bond donors (Lipinski definition) is 2. The smallest absolute Gasteiger partial charge is 0.255 e. The van der Waals surface area contributed by atoms with E-state index in [4.69, 9.17) is 11.6 Å². The molecule has 3 rings (SSSR count). The molecule has 0 bridgehead atoms. The molecule has 0 aliphatic rings. The molecule has 29 heavy (non-hydrogen) atoms. The van der Waals surface area contributed by atoms with Gasteiger partial charge in [0.05, 0.1) is 35.4 Å². The van der Waals surface area contributed by atoms with Crippen molar-refractivity contribution in [3.63, 3.8) is 0 Å². The molecule has 2 aromatic carbocycles. The van der Waals surface area contributed by atoms with Gasteiger partial charge >= 0.3 is 0 Å². The van der Waals surface area contributed by atoms with Gasteiger partial charge in [-0.3, -0.25) is 9.59 Å². The molecule has 150 valence electrons. The number of carbonyl (C=O) groups is 2. The van der Waals surface area contributed by atoms with E-state index in [1.54, 1.807) is 31.2 Å². The van der Waals surface area contributed by atoms with Crippen LogP contribution < -0.4 is 10.6 Å². The lowest BCUT2D eigenvalue weighted by molar-refractivity contribution is -0.115. The standard InChI is InChI=1S/C19H14ClF3N4O2/c1-10-13(8-25-27(10)12-4-2-3-11(20)7-12)19(29)24-9-16(28)26-15-6-5-14(21)17(22)18(15)23/h2-8H,9H2,1H3,(H,24,29)(H,26,28). The zero-order valence-corrected chi connectivity index (χ0v) is 15.7. The van der Waals surface area contributed by atoms with E-state index in [2.05, 4.69) is 15.7 Å². The Labute approximate surface area is 168 Å². The van der Waals surface area contributed by atoms with Crippen LogP contribution in [0.4, 0.5) is 18.9 Å². The van der Waals surface area contributed by atoms with Crippen molar-refractivity contribution in [2.75, 3.05) is 11.9 Å². The van der Waals surface area contributed by atoms with Crippen LogP contribution in [-0.2, 0) is 4.79 Å². The third-order valence-corrected chi connectivity index (χ3v) is 4.26. The summed E-state index contributed by atoms with van der Waals surface area (Å²) < 4.78 is 41.2. The van der Waals surface area contributed by atoms with Gasteiger partial charge in [0, 0.05) is 5.02 Å². The molecule has 10 heteroatoms. The predicted molar refractivity (Wildman–Crippen MR) is 101 cm³/mol. The van der Waals surface area contributed by atoms with Gasteiger partial charge in [-0.25, -0.2) is 17.9 Å². The summed E-state index contributed by atoms with van der Waals surface area (Å²) in [6, 6.07) is 8.43. The zero-order valence-electron chi connectivity index (χ0n) is 15.0. The summed E-state index contributed by atoms with van der Waals surface area (Å²) in [6.45, 7) is 1.15. The van der Waals surface area contributed by atoms with E-state index >= 15 is 0 Å². The molecule has 0 aliphatic carbocycles. The van der Waals surface area contributed by atoms with Gasteiger partial charge in [0.25, 0.3) is 5.91 Å². The van der Waals surface area contributed by atoms with Crippen LogP contribution in [-0.4, -0.2) is 28.1 Å². The van der Waals surface area contributed by atoms with Gasteiger partial charge in [-0.1, -0.05) is 17.7 Å². The third-order valence-electron chi connectivity index (χ3n) is 4.03. The highest BCUT2D eigenvalue weighted by molar-refractivity contribution is 6.30. The largest absolute Gasteiger partial charge is 0.343 e. The monoisotopic (exact) mass is 422 g/mol. The Kier molecular flexibility index (Phi) is 5.88. The van der Waals surface area contributed by atoms with Gasteiger partial charge in [-0.15, -0.1) is 0 Å². The molecule has 2 amide bonds. The molecule has 1 aromatic heterocycles. The van der Waals surface area contributed by atoms with E-state index in [0.717, 1.165) is 6.07 Å². The Bertz CT molecular complexity index is 1100. The van der Waals surface area contributed by atoms with Crippen LogP contribution in [0, 0.1) is 24.4 Å². The van der Waals surface area contributed by atoms with E-state index < -0.39 is 41.5 Å². The van der Waals surface area contributed by atoms with E-state index in [0.29, 0.717) is 22.5 Å². The summed E-state index contributed by atoms with van der Waals surface area (Å²) in [5, 5.41) is 9.07. The molecule has 0 radical (unpaired) electrons. The fraction of sp³-hybridized carbons (Fsp3) is 0.105. The highest BCUT2D eigenvalue weighted by atomic mass is 35.5. The number of nitrogens with one attached hydrogen (secondary N) is 2. The Balaban J connectivity index is 1.66. The van der Waals surface area contributed by atoms with Crippen molar-refractivity contribution >= 4 is 29.1 Å². The third kappa shape index (κ3) is 4.40. The number of benzene rings is 2. The molecule has 2 N–H and O–H groups in total. The number of carbonyl (C=O) groups excluding carboxylic acids is 2. The van der Waals surface area contributed by atoms with Gasteiger partial charge in [-0.2, -0.15) is 5.10 Å². The van der Waals surface area contributed by atoms with Crippen molar-refractivity contribution < 1.29 is 22.8 Å². The lowest BCUT2D eigenvalue weighted by atomic mass is 10.2. The molecular formula is C19H14ClF3N4O2. The number of halogens is 4. The summed E-state index contributed by atoms with van der Waals surface area (Å²) >= 11 is 5.96. The minimum atomic E-state index is -1.70. The molecule has 1 heterocycles. The second kappa shape index (κ2) is 8.36. The van der Waals surface area contributed by atoms with Crippen LogP contribution in [0.2, 0.25) is 5.02 Å². The molecule has 0 saturated carbocycles. The second-order valence-corrected chi connectivity index (χ2v) is 6.43. The summed E-state index contributed by atoms with van der Waals surface area (Å²) in [7, 11) is 0. The molecule has 6 nitrogen and oxygen atoms in total. The first-order valence-electron chi connectivity index (χ1n) is 8.30. The molecule has 0 saturated heterocycles. The minimum Gasteiger partial charge on any atom is -0.343 e. The average molecular weight is 423 g/mol. The first-order chi connectivity index (χ1) is 13.8. The van der Waals surface area contributed by atoms with Crippen LogP contribution >= 0.6 is 11.6 Å². The normalized spacial score (nSPS) is 10.7. The van der Waals surface area contributed by atoms with Crippen LogP contribution in [0.25, 0.3) is 5.69 Å². The highest BCUT2D eigenvalue weighted by Crippen LogP contribution is 2.20. The van der Waals surface area contributed by atoms with Crippen molar-refractivity contribution in [1.29, 1.82) is 0 Å². The number of rotatable bonds is 5. The maximum Gasteiger partial charge on any atom is 0.255 e. The van der Waals surface area contributed by atoms with Gasteiger partial charge in [0.15, 0.2) is 17.5 Å². The van der Waals surface area contributed by atoms with Crippen molar-refractivity contribution in [2.45, 2.75) is 6.92 Å². The Morgan fingerprint density at radius 3 is 2.62 bits per heavy atom. The van der Waals surface area contributed by atoms with Gasteiger partial charge < -0.3 is 10.6 Å². The van der Waals surface area contributed by atoms with Crippen molar-refractivity contribution in [3.8, 4) is 5.69 Å². The van der Waals surface area contributed by atoms with Crippen LogP contribution in [0.5, 0.6) is 0 Å². The van der Waals surface area contributed by atoms with Gasteiger partial charge in [0.2, 0.25) is 5.91 Å². The lowest BCUT2D eigenvalue weighted by Gasteiger charge is -2.09. The molecular weight excluding hydrogens is 409 g/mol. The Hall–Kier alpha value is -3.33. The number of aromatic nitrogens is 2. The zero-order chi connectivity index (χ0) is 21.1. The van der Waals surface area contributed by atoms with E-state index in [1.165, 1.54) is 10.9 Å². The average Bonchev–Trinajstić information content (AvgIpc) is 3.08. The first-order valence-corrected chi connectivity index (χ1v) is 8.68. The molecule has 3 aromatic rings. The van der Waals surface area contributed by atoms with Crippen molar-refractivity contribution in [3.05, 3.63) is 76.3 Å². The lowest BCUT2D eigenvalue weighted by Crippen LogP contribution is -2.33. The van der Waals surface area contributed by atoms with Gasteiger partial charge in [0.1, 0.15) is 0 Å². The molecule has 0 atom stereocenters. The fourth-order valence-electron chi connectivity index (χ4n) is 2.57. The highest BCUT2D eigenvalue weighted by Gasteiger charge is 2.18. The number of nitrogens with zero attached hydrogens (tertiary/aromatic N) is 2. The first kappa shape index (κ1) is 20.4. The molecule has 0 unspecified atom stereocenters. The fourth-order valence-corrected chi connectivity index (χ4v) is 2.76. The van der Waals surface area contributed by atoms with Crippen molar-refractivity contribution in [2.24, 2.45) is 0 Å². The van der Waals surface area contributed by atoms with E-state index in [9.17, 15) is 22.8 Å². The van der Waals surface area contributed by atoms with Crippen LogP contribution in [0.1, 0.15) is 16.1 Å². The molecule has 0 fully saturated rings. The maximum atomic E-state index is 13.6.